The molecule has 0 saturated heterocycles. The third-order valence-corrected chi connectivity index (χ3v) is 3.94. The van der Waals surface area contributed by atoms with Crippen molar-refractivity contribution in [2.45, 2.75) is 18.8 Å². The molecule has 1 heterocycles. The molecule has 26 heavy (non-hydrogen) atoms. The number of Topliss-reactive ketones (excluding diaryl/α,β-unsaturated/α-hetero) is 1. The second-order valence-corrected chi connectivity index (χ2v) is 5.74. The third-order valence-electron chi connectivity index (χ3n) is 3.94. The Labute approximate surface area is 145 Å². The van der Waals surface area contributed by atoms with Gasteiger partial charge in [-0.3, -0.25) is 14.9 Å². The van der Waals surface area contributed by atoms with Crippen LogP contribution in [0.5, 0.6) is 5.75 Å². The second-order valence-electron chi connectivity index (χ2n) is 5.74. The van der Waals surface area contributed by atoms with Crippen LogP contribution in [0.3, 0.4) is 0 Å². The van der Waals surface area contributed by atoms with E-state index in [0.717, 1.165) is 11.6 Å². The largest absolute Gasteiger partial charge is 0.478 e. The van der Waals surface area contributed by atoms with Crippen LogP contribution in [-0.4, -0.2) is 29.5 Å². The summed E-state index contributed by atoms with van der Waals surface area (Å²) in [5.41, 5.74) is 0.838. The molecule has 136 valence electrons. The van der Waals surface area contributed by atoms with E-state index < -0.39 is 23.0 Å². The van der Waals surface area contributed by atoms with Gasteiger partial charge in [-0.05, 0) is 11.6 Å². The predicted octanol–water partition coefficient (Wildman–Crippen LogP) is 3.49. The van der Waals surface area contributed by atoms with E-state index in [4.69, 9.17) is 4.74 Å². The zero-order valence-corrected chi connectivity index (χ0v) is 13.3. The molecule has 1 aliphatic heterocycles. The molecule has 0 saturated carbocycles. The van der Waals surface area contributed by atoms with Gasteiger partial charge in [0.1, 0.15) is 5.75 Å². The van der Waals surface area contributed by atoms with Crippen molar-refractivity contribution in [2.75, 3.05) is 11.4 Å². The van der Waals surface area contributed by atoms with E-state index in [2.05, 4.69) is 0 Å². The highest BCUT2D eigenvalue weighted by Crippen LogP contribution is 2.38. The summed E-state index contributed by atoms with van der Waals surface area (Å²) in [5.74, 6) is -1.99. The van der Waals surface area contributed by atoms with Crippen molar-refractivity contribution < 1.29 is 27.6 Å². The first-order chi connectivity index (χ1) is 12.3. The molecule has 9 heteroatoms. The molecule has 2 aromatic rings. The van der Waals surface area contributed by atoms with E-state index in [9.17, 15) is 28.1 Å². The molecule has 1 aliphatic rings. The molecule has 3 rings (SSSR count). The number of nitrogens with zero attached hydrogens (tertiary/aromatic N) is 2. The maximum atomic E-state index is 12.8. The number of ether oxygens (including phenoxy) is 1. The standard InChI is InChI=1S/C17H13F3N2O4/c18-17(19,20)16(23)15-10-21(9-11-4-2-1-3-5-11)13-8-12(22(24)25)6-7-14(13)26-15/h1-8,15H,9-10H2. The Bertz CT molecular complexity index is 840. The van der Waals surface area contributed by atoms with Crippen molar-refractivity contribution in [3.8, 4) is 5.75 Å². The fourth-order valence-electron chi connectivity index (χ4n) is 2.73. The second kappa shape index (κ2) is 6.66. The Kier molecular flexibility index (Phi) is 4.54. The normalized spacial score (nSPS) is 16.6. The summed E-state index contributed by atoms with van der Waals surface area (Å²) in [4.78, 5) is 23.5. The van der Waals surface area contributed by atoms with Crippen LogP contribution < -0.4 is 9.64 Å². The van der Waals surface area contributed by atoms with E-state index in [1.807, 2.05) is 0 Å². The molecular weight excluding hydrogens is 353 g/mol. The van der Waals surface area contributed by atoms with Gasteiger partial charge in [0, 0.05) is 18.7 Å². The number of non-ortho nitro benzene ring substituents is 1. The Hall–Kier alpha value is -3.10. The van der Waals surface area contributed by atoms with Crippen LogP contribution >= 0.6 is 0 Å². The number of halogens is 3. The molecule has 0 aliphatic carbocycles. The van der Waals surface area contributed by atoms with Crippen molar-refractivity contribution in [3.63, 3.8) is 0 Å². The first kappa shape index (κ1) is 17.7. The molecule has 0 fully saturated rings. The maximum Gasteiger partial charge on any atom is 0.454 e. The Morgan fingerprint density at radius 3 is 2.54 bits per heavy atom. The average Bonchev–Trinajstić information content (AvgIpc) is 2.60. The van der Waals surface area contributed by atoms with Crippen molar-refractivity contribution >= 4 is 17.2 Å². The predicted molar refractivity (Wildman–Crippen MR) is 86.1 cm³/mol. The van der Waals surface area contributed by atoms with Gasteiger partial charge in [0.05, 0.1) is 17.2 Å². The summed E-state index contributed by atoms with van der Waals surface area (Å²) >= 11 is 0. The number of rotatable bonds is 4. The molecule has 0 amide bonds. The van der Waals surface area contributed by atoms with Gasteiger partial charge in [-0.25, -0.2) is 0 Å². The summed E-state index contributed by atoms with van der Waals surface area (Å²) in [5, 5.41) is 11.0. The number of carbonyl (C=O) groups excluding carboxylic acids is 1. The zero-order valence-electron chi connectivity index (χ0n) is 13.3. The van der Waals surface area contributed by atoms with Gasteiger partial charge >= 0.3 is 6.18 Å². The van der Waals surface area contributed by atoms with Crippen LogP contribution in [0.15, 0.2) is 48.5 Å². The van der Waals surface area contributed by atoms with E-state index in [1.54, 1.807) is 30.3 Å². The smallest absolute Gasteiger partial charge is 0.454 e. The molecule has 0 spiro atoms. The molecule has 0 aromatic heterocycles. The van der Waals surface area contributed by atoms with Crippen molar-refractivity contribution in [3.05, 3.63) is 64.2 Å². The third kappa shape index (κ3) is 3.61. The van der Waals surface area contributed by atoms with Crippen molar-refractivity contribution in [2.24, 2.45) is 0 Å². The molecule has 0 radical (unpaired) electrons. The average molecular weight is 366 g/mol. The SMILES string of the molecule is O=C(C1CN(Cc2ccccc2)c2cc([N+](=O)[O-])ccc2O1)C(F)(F)F. The lowest BCUT2D eigenvalue weighted by Gasteiger charge is -2.35. The maximum absolute atomic E-state index is 12.8. The number of alkyl halides is 3. The van der Waals surface area contributed by atoms with Crippen LogP contribution in [-0.2, 0) is 11.3 Å². The minimum Gasteiger partial charge on any atom is -0.478 e. The Balaban J connectivity index is 1.98. The Morgan fingerprint density at radius 2 is 1.92 bits per heavy atom. The molecular formula is C17H13F3N2O4. The summed E-state index contributed by atoms with van der Waals surface area (Å²) in [6.45, 7) is -0.179. The van der Waals surface area contributed by atoms with E-state index in [1.165, 1.54) is 17.0 Å². The molecule has 0 N–H and O–H groups in total. The summed E-state index contributed by atoms with van der Waals surface area (Å²) in [7, 11) is 0. The van der Waals surface area contributed by atoms with Crippen LogP contribution in [0.2, 0.25) is 0 Å². The van der Waals surface area contributed by atoms with Crippen LogP contribution in [0.4, 0.5) is 24.5 Å². The lowest BCUT2D eigenvalue weighted by Crippen LogP contribution is -2.48. The van der Waals surface area contributed by atoms with E-state index in [0.29, 0.717) is 0 Å². The lowest BCUT2D eigenvalue weighted by atomic mass is 10.1. The Morgan fingerprint density at radius 1 is 1.23 bits per heavy atom. The van der Waals surface area contributed by atoms with Gasteiger partial charge in [-0.2, -0.15) is 13.2 Å². The first-order valence-corrected chi connectivity index (χ1v) is 7.60. The van der Waals surface area contributed by atoms with Crippen molar-refractivity contribution in [1.82, 2.24) is 0 Å². The van der Waals surface area contributed by atoms with Gasteiger partial charge in [0.25, 0.3) is 11.5 Å². The quantitative estimate of drug-likeness (QED) is 0.612. The van der Waals surface area contributed by atoms with Gasteiger partial charge < -0.3 is 9.64 Å². The molecule has 2 aromatic carbocycles. The molecule has 1 atom stereocenters. The lowest BCUT2D eigenvalue weighted by molar-refractivity contribution is -0.384. The highest BCUT2D eigenvalue weighted by Gasteiger charge is 2.47. The minimum absolute atomic E-state index is 0.000353. The monoisotopic (exact) mass is 366 g/mol. The van der Waals surface area contributed by atoms with Crippen LogP contribution in [0.25, 0.3) is 0 Å². The fraction of sp³-hybridized carbons (Fsp3) is 0.235. The van der Waals surface area contributed by atoms with Gasteiger partial charge in [-0.1, -0.05) is 30.3 Å². The summed E-state index contributed by atoms with van der Waals surface area (Å²) in [6, 6.07) is 12.4. The number of anilines is 1. The van der Waals surface area contributed by atoms with Gasteiger partial charge in [0.15, 0.2) is 6.10 Å². The number of fused-ring (bicyclic) bond motifs is 1. The first-order valence-electron chi connectivity index (χ1n) is 7.60. The molecule has 6 nitrogen and oxygen atoms in total. The minimum atomic E-state index is -5.03. The summed E-state index contributed by atoms with van der Waals surface area (Å²) in [6.07, 6.45) is -6.76. The van der Waals surface area contributed by atoms with Crippen LogP contribution in [0.1, 0.15) is 5.56 Å². The fourth-order valence-corrected chi connectivity index (χ4v) is 2.73. The molecule has 1 unspecified atom stereocenters. The van der Waals surface area contributed by atoms with E-state index >= 15 is 0 Å². The van der Waals surface area contributed by atoms with Crippen LogP contribution in [0, 0.1) is 10.1 Å². The number of nitro benzene ring substituents is 1. The topological polar surface area (TPSA) is 72.7 Å². The number of carbonyl (C=O) groups is 1. The highest BCUT2D eigenvalue weighted by atomic mass is 19.4. The number of benzene rings is 2. The van der Waals surface area contributed by atoms with Gasteiger partial charge in [-0.15, -0.1) is 0 Å². The number of nitro groups is 1. The van der Waals surface area contributed by atoms with E-state index in [-0.39, 0.29) is 30.2 Å². The van der Waals surface area contributed by atoms with Crippen molar-refractivity contribution in [1.29, 1.82) is 0 Å². The number of hydrogen-bond donors (Lipinski definition) is 0. The highest BCUT2D eigenvalue weighted by molar-refractivity contribution is 5.90. The number of ketones is 1. The number of hydrogen-bond acceptors (Lipinski definition) is 5. The van der Waals surface area contributed by atoms with Gasteiger partial charge in [0.2, 0.25) is 0 Å². The zero-order chi connectivity index (χ0) is 18.9. The summed E-state index contributed by atoms with van der Waals surface area (Å²) < 4.78 is 43.6. The molecule has 0 bridgehead atoms.